The molecule has 2 aromatic rings. The monoisotopic (exact) mass is 682 g/mol. The number of hydrogen-bond donors (Lipinski definition) is 4. The second-order valence-electron chi connectivity index (χ2n) is 9.95. The fourth-order valence-electron chi connectivity index (χ4n) is 4.62. The molecule has 21 heteroatoms. The van der Waals surface area contributed by atoms with Crippen LogP contribution in [0.5, 0.6) is 0 Å². The van der Waals surface area contributed by atoms with E-state index in [0.29, 0.717) is 0 Å². The second kappa shape index (κ2) is 14.2. The summed E-state index contributed by atoms with van der Waals surface area (Å²) >= 11 is 10.2. The summed E-state index contributed by atoms with van der Waals surface area (Å²) < 4.78 is 29.8. The maximum atomic E-state index is 13.3. The molecule has 2 saturated heterocycles. The molecule has 6 N–H and O–H groups in total. The average molecular weight is 683 g/mol. The highest BCUT2D eigenvalue weighted by atomic mass is 32.5. The zero-order chi connectivity index (χ0) is 31.5. The van der Waals surface area contributed by atoms with Gasteiger partial charge in [-0.15, -0.1) is 0 Å². The first kappa shape index (κ1) is 34.2. The third kappa shape index (κ3) is 8.73. The molecule has 0 saturated carbocycles. The van der Waals surface area contributed by atoms with Gasteiger partial charge in [-0.2, -0.15) is 9.97 Å². The zero-order valence-corrected chi connectivity index (χ0v) is 26.2. The molecule has 0 spiro atoms. The lowest BCUT2D eigenvalue weighted by molar-refractivity contribution is -0.213. The van der Waals surface area contributed by atoms with E-state index in [1.165, 1.54) is 29.1 Å². The highest BCUT2D eigenvalue weighted by molar-refractivity contribution is 8.09. The van der Waals surface area contributed by atoms with Crippen LogP contribution in [0.3, 0.4) is 0 Å². The zero-order valence-electron chi connectivity index (χ0n) is 22.8. The molecule has 4 rings (SSSR count). The number of aliphatic hydroxyl groups excluding tert-OH is 2. The standard InChI is InChI=1S/C22H34N6O11P2S2/c1-12(39-41(34,43)36-11-15-13(30)8-19(38-15)27-5-2-17(23)25-21(27)31)4-7-35-40(33,42)16-9-20(37-14(16)10-29)28-6-3-18(24)26-22(28)32/h2-3,5-6,12-16,19-20,29-30H,4,7-11H2,1H3,(H,33,42)(H,34,43)(H2,23,25,31)(H2,24,26,32)/p-2. The van der Waals surface area contributed by atoms with Crippen LogP contribution in [0.2, 0.25) is 0 Å². The molecular weight excluding hydrogens is 650 g/mol. The minimum absolute atomic E-state index is 0.0260. The van der Waals surface area contributed by atoms with Gasteiger partial charge in [0.05, 0.1) is 38.1 Å². The third-order valence-electron chi connectivity index (χ3n) is 6.82. The van der Waals surface area contributed by atoms with Crippen LogP contribution in [-0.4, -0.2) is 79.2 Å². The van der Waals surface area contributed by atoms with Crippen LogP contribution in [-0.2, 0) is 46.7 Å². The summed E-state index contributed by atoms with van der Waals surface area (Å²) in [7, 11) is 0. The Bertz CT molecular complexity index is 1500. The van der Waals surface area contributed by atoms with E-state index in [1.54, 1.807) is 6.92 Å². The predicted octanol–water partition coefficient (Wildman–Crippen LogP) is -1.96. The molecule has 4 heterocycles. The quantitative estimate of drug-likeness (QED) is 0.167. The van der Waals surface area contributed by atoms with Gasteiger partial charge < -0.3 is 54.5 Å². The van der Waals surface area contributed by atoms with Crippen molar-refractivity contribution in [3.05, 3.63) is 45.5 Å². The molecule has 0 aliphatic carbocycles. The van der Waals surface area contributed by atoms with Crippen LogP contribution in [0.4, 0.5) is 11.6 Å². The topological polar surface area (TPSA) is 255 Å². The van der Waals surface area contributed by atoms with E-state index >= 15 is 0 Å². The molecule has 0 aromatic carbocycles. The highest BCUT2D eigenvalue weighted by Crippen LogP contribution is 2.53. The predicted molar refractivity (Wildman–Crippen MR) is 155 cm³/mol. The SMILES string of the molecule is CC(CCOP([O-])(=S)C1CC(n2ccc(N)nc2=O)OC1CO)OP([O-])(=S)OCC1OC(n2ccc(N)nc2=O)CC1O. The maximum Gasteiger partial charge on any atom is 0.351 e. The van der Waals surface area contributed by atoms with Gasteiger partial charge >= 0.3 is 11.4 Å². The van der Waals surface area contributed by atoms with Crippen molar-refractivity contribution in [1.29, 1.82) is 0 Å². The molecule has 0 radical (unpaired) electrons. The van der Waals surface area contributed by atoms with E-state index in [9.17, 15) is 29.6 Å². The summed E-state index contributed by atoms with van der Waals surface area (Å²) in [5, 5.41) is 20.1. The van der Waals surface area contributed by atoms with Gasteiger partial charge in [-0.25, -0.2) is 9.59 Å². The van der Waals surface area contributed by atoms with Gasteiger partial charge in [-0.3, -0.25) is 9.13 Å². The fraction of sp³-hybridized carbons (Fsp3) is 0.636. The van der Waals surface area contributed by atoms with Crippen molar-refractivity contribution in [2.75, 3.05) is 31.3 Å². The Morgan fingerprint density at radius 1 is 1.05 bits per heavy atom. The van der Waals surface area contributed by atoms with Gasteiger partial charge in [-0.1, -0.05) is 23.6 Å². The van der Waals surface area contributed by atoms with Crippen LogP contribution < -0.4 is 32.6 Å². The lowest BCUT2D eigenvalue weighted by Gasteiger charge is -2.36. The number of aromatic nitrogens is 4. The van der Waals surface area contributed by atoms with Crippen molar-refractivity contribution in [3.63, 3.8) is 0 Å². The Morgan fingerprint density at radius 3 is 2.16 bits per heavy atom. The summed E-state index contributed by atoms with van der Waals surface area (Å²) in [5.41, 5.74) is 8.79. The molecule has 240 valence electrons. The number of ether oxygens (including phenoxy) is 2. The minimum Gasteiger partial charge on any atom is -0.800 e. The Labute approximate surface area is 255 Å². The van der Waals surface area contributed by atoms with Gasteiger partial charge in [0.2, 0.25) is 0 Å². The smallest absolute Gasteiger partial charge is 0.351 e. The molecule has 2 aliphatic rings. The molecule has 0 bridgehead atoms. The molecule has 17 nitrogen and oxygen atoms in total. The number of nitrogens with zero attached hydrogens (tertiary/aromatic N) is 4. The molecule has 43 heavy (non-hydrogen) atoms. The molecule has 9 unspecified atom stereocenters. The van der Waals surface area contributed by atoms with Gasteiger partial charge in [0.1, 0.15) is 36.9 Å². The number of aliphatic hydroxyl groups is 2. The van der Waals surface area contributed by atoms with Crippen LogP contribution in [0, 0.1) is 0 Å². The number of nitrogens with two attached hydrogens (primary N) is 2. The molecular formula is C22H32N6O11P2S2-2. The van der Waals surface area contributed by atoms with Crippen molar-refractivity contribution < 1.29 is 43.0 Å². The van der Waals surface area contributed by atoms with Gasteiger partial charge in [-0.05, 0) is 25.5 Å². The van der Waals surface area contributed by atoms with E-state index < -0.39 is 73.7 Å². The fourth-order valence-corrected chi connectivity index (χ4v) is 8.63. The second-order valence-corrected chi connectivity index (χ2v) is 16.2. The van der Waals surface area contributed by atoms with Crippen molar-refractivity contribution in [2.45, 2.75) is 68.7 Å². The Kier molecular flexibility index (Phi) is 11.3. The van der Waals surface area contributed by atoms with Crippen LogP contribution in [0.15, 0.2) is 34.1 Å². The molecule has 2 fully saturated rings. The Hall–Kier alpha value is -1.70. The van der Waals surface area contributed by atoms with Crippen LogP contribution in [0.1, 0.15) is 38.6 Å². The van der Waals surface area contributed by atoms with E-state index in [2.05, 4.69) is 9.97 Å². The lowest BCUT2D eigenvalue weighted by Crippen LogP contribution is -2.30. The van der Waals surface area contributed by atoms with Gasteiger partial charge in [0, 0.05) is 37.4 Å². The van der Waals surface area contributed by atoms with E-state index in [1.807, 2.05) is 0 Å². The summed E-state index contributed by atoms with van der Waals surface area (Å²) in [5.74, 6) is 0.0694. The number of rotatable bonds is 13. The molecule has 2 aliphatic heterocycles. The van der Waals surface area contributed by atoms with Crippen molar-refractivity contribution in [3.8, 4) is 0 Å². The summed E-state index contributed by atoms with van der Waals surface area (Å²) in [6, 6.07) is 2.81. The van der Waals surface area contributed by atoms with E-state index in [4.69, 9.17) is 58.1 Å². The van der Waals surface area contributed by atoms with Crippen molar-refractivity contribution in [1.82, 2.24) is 19.1 Å². The largest absolute Gasteiger partial charge is 0.800 e. The molecule has 0 amide bonds. The van der Waals surface area contributed by atoms with E-state index in [-0.39, 0.29) is 44.1 Å². The van der Waals surface area contributed by atoms with E-state index in [0.717, 1.165) is 4.57 Å². The minimum atomic E-state index is -4.06. The maximum absolute atomic E-state index is 13.3. The summed E-state index contributed by atoms with van der Waals surface area (Å²) in [6.45, 7) is -7.37. The van der Waals surface area contributed by atoms with Crippen LogP contribution >= 0.6 is 13.2 Å². The van der Waals surface area contributed by atoms with Crippen LogP contribution in [0.25, 0.3) is 0 Å². The highest BCUT2D eigenvalue weighted by Gasteiger charge is 2.41. The summed E-state index contributed by atoms with van der Waals surface area (Å²) in [4.78, 5) is 57.5. The Morgan fingerprint density at radius 2 is 1.60 bits per heavy atom. The lowest BCUT2D eigenvalue weighted by atomic mass is 10.2. The van der Waals surface area contributed by atoms with Crippen molar-refractivity contribution in [2.24, 2.45) is 0 Å². The summed E-state index contributed by atoms with van der Waals surface area (Å²) in [6.07, 6.45) is -2.52. The third-order valence-corrected chi connectivity index (χ3v) is 11.5. The number of anilines is 2. The first-order chi connectivity index (χ1) is 20.2. The Balaban J connectivity index is 1.24. The number of hydrogen-bond acceptors (Lipinski definition) is 17. The van der Waals surface area contributed by atoms with Gasteiger partial charge in [0.15, 0.2) is 0 Å². The van der Waals surface area contributed by atoms with Gasteiger partial charge in [0.25, 0.3) is 0 Å². The molecule has 2 aromatic heterocycles. The van der Waals surface area contributed by atoms with Crippen molar-refractivity contribution >= 4 is 48.5 Å². The first-order valence-corrected chi connectivity index (χ1v) is 18.3. The average Bonchev–Trinajstić information content (AvgIpc) is 3.51. The normalized spacial score (nSPS) is 29.2. The molecule has 9 atom stereocenters. The number of nitrogen functional groups attached to an aromatic ring is 2. The first-order valence-electron chi connectivity index (χ1n) is 13.1.